The Bertz CT molecular complexity index is 962. The number of unbranched alkanes of at least 4 members (excludes halogenated alkanes) is 12. The number of hydrogen-bond donors (Lipinski definition) is 4. The molecule has 4 N–H and O–H groups in total. The Morgan fingerprint density at radius 1 is 0.735 bits per heavy atom. The second kappa shape index (κ2) is 31.2. The minimum absolute atomic E-state index is 0.00910. The normalized spacial score (nSPS) is 15.8. The molecule has 0 rings (SSSR count). The number of amides is 1. The number of allylic oxidation sites excluding steroid dienone is 8. The fourth-order valence-corrected chi connectivity index (χ4v) is 5.79. The molecule has 0 saturated carbocycles. The highest BCUT2D eigenvalue weighted by Gasteiger charge is 2.31. The molecule has 10 heteroatoms. The number of phosphoric acid groups is 1. The van der Waals surface area contributed by atoms with Crippen molar-refractivity contribution >= 4 is 13.7 Å². The van der Waals surface area contributed by atoms with Crippen LogP contribution in [0.4, 0.5) is 0 Å². The van der Waals surface area contributed by atoms with Gasteiger partial charge in [0, 0.05) is 6.42 Å². The van der Waals surface area contributed by atoms with E-state index in [1.54, 1.807) is 0 Å². The number of quaternary nitrogens is 1. The first-order valence-corrected chi connectivity index (χ1v) is 20.5. The topological polar surface area (TPSA) is 125 Å². The van der Waals surface area contributed by atoms with Crippen LogP contribution in [0.5, 0.6) is 0 Å². The maximum Gasteiger partial charge on any atom is 0.472 e. The van der Waals surface area contributed by atoms with E-state index in [1.165, 1.54) is 32.1 Å². The molecule has 0 heterocycles. The summed E-state index contributed by atoms with van der Waals surface area (Å²) < 4.78 is 23.4. The van der Waals surface area contributed by atoms with E-state index in [4.69, 9.17) is 9.05 Å². The number of rotatable bonds is 33. The molecular weight excluding hydrogens is 639 g/mol. The van der Waals surface area contributed by atoms with E-state index in [0.29, 0.717) is 30.3 Å². The van der Waals surface area contributed by atoms with E-state index in [0.717, 1.165) is 64.2 Å². The van der Waals surface area contributed by atoms with Crippen LogP contribution in [0.25, 0.3) is 0 Å². The van der Waals surface area contributed by atoms with Gasteiger partial charge in [0.25, 0.3) is 0 Å². The molecule has 4 atom stereocenters. The van der Waals surface area contributed by atoms with Gasteiger partial charge in [0.2, 0.25) is 5.91 Å². The molecule has 49 heavy (non-hydrogen) atoms. The van der Waals surface area contributed by atoms with Gasteiger partial charge in [0.05, 0.1) is 39.9 Å². The standard InChI is InChI=1S/C39H73N2O7P/c1-6-8-10-12-14-16-18-20-22-24-26-28-30-32-38(43)40-36(35-48-49(45,46)47-34-33-41(3,4)5)39(44)37(42)31-29-27-25-23-21-19-17-15-13-11-9-7-2/h7,9,15-18,23,25,36-37,39,42,44H,6,8,10-14,19-22,24,26-35H2,1-5H3,(H-,40,43,45,46)/p+1/b9-7+,17-15+,18-16-,25-23+. The Morgan fingerprint density at radius 2 is 1.24 bits per heavy atom. The quantitative estimate of drug-likeness (QED) is 0.0232. The smallest absolute Gasteiger partial charge is 0.390 e. The molecule has 0 spiro atoms. The third-order valence-corrected chi connectivity index (χ3v) is 9.18. The summed E-state index contributed by atoms with van der Waals surface area (Å²) >= 11 is 0. The third-order valence-electron chi connectivity index (χ3n) is 8.19. The first-order chi connectivity index (χ1) is 23.4. The molecule has 0 aromatic rings. The molecule has 0 aliphatic carbocycles. The fourth-order valence-electron chi connectivity index (χ4n) is 5.06. The monoisotopic (exact) mass is 714 g/mol. The zero-order valence-electron chi connectivity index (χ0n) is 31.8. The lowest BCUT2D eigenvalue weighted by Gasteiger charge is -2.28. The van der Waals surface area contributed by atoms with E-state index in [2.05, 4.69) is 60.8 Å². The number of carbonyl (C=O) groups excluding carboxylic acids is 1. The van der Waals surface area contributed by atoms with E-state index >= 15 is 0 Å². The summed E-state index contributed by atoms with van der Waals surface area (Å²) in [4.78, 5) is 23.0. The summed E-state index contributed by atoms with van der Waals surface area (Å²) in [5, 5.41) is 24.5. The van der Waals surface area contributed by atoms with Crippen molar-refractivity contribution in [2.45, 2.75) is 154 Å². The Morgan fingerprint density at radius 3 is 1.82 bits per heavy atom. The molecular formula is C39H74N2O7P+. The van der Waals surface area contributed by atoms with E-state index < -0.39 is 32.7 Å². The van der Waals surface area contributed by atoms with Crippen LogP contribution in [0.1, 0.15) is 136 Å². The maximum atomic E-state index is 12.8. The molecule has 0 saturated heterocycles. The molecule has 0 bridgehead atoms. The SMILES string of the molecule is C/C=C/CC/C=C/CC/C=C/CCCC(O)C(O)C(COP(=O)(O)OCC[N+](C)(C)C)NC(=O)CCCCCCC/C=C\CCCCCC. The van der Waals surface area contributed by atoms with Gasteiger partial charge in [-0.3, -0.25) is 13.8 Å². The largest absolute Gasteiger partial charge is 0.472 e. The van der Waals surface area contributed by atoms with E-state index in [9.17, 15) is 24.5 Å². The Kier molecular flexibility index (Phi) is 30.2. The molecule has 4 unspecified atom stereocenters. The minimum Gasteiger partial charge on any atom is -0.390 e. The molecule has 286 valence electrons. The van der Waals surface area contributed by atoms with Gasteiger partial charge >= 0.3 is 7.82 Å². The molecule has 0 aromatic heterocycles. The Balaban J connectivity index is 4.72. The minimum atomic E-state index is -4.42. The van der Waals surface area contributed by atoms with Crippen LogP contribution in [-0.2, 0) is 18.4 Å². The number of carbonyl (C=O) groups is 1. The van der Waals surface area contributed by atoms with Crippen molar-refractivity contribution in [1.82, 2.24) is 5.32 Å². The van der Waals surface area contributed by atoms with Crippen molar-refractivity contribution in [2.75, 3.05) is 40.9 Å². The molecule has 0 fully saturated rings. The van der Waals surface area contributed by atoms with Gasteiger partial charge in [-0.2, -0.15) is 0 Å². The van der Waals surface area contributed by atoms with Crippen LogP contribution < -0.4 is 5.32 Å². The van der Waals surface area contributed by atoms with Gasteiger partial charge in [0.15, 0.2) is 0 Å². The molecule has 0 aromatic carbocycles. The number of aliphatic hydroxyl groups is 2. The van der Waals surface area contributed by atoms with Crippen molar-refractivity contribution in [2.24, 2.45) is 0 Å². The third kappa shape index (κ3) is 32.1. The summed E-state index contributed by atoms with van der Waals surface area (Å²) in [6.45, 7) is 4.30. The number of phosphoric ester groups is 1. The second-order valence-electron chi connectivity index (χ2n) is 14.1. The number of likely N-dealkylation sites (N-methyl/N-ethyl adjacent to an activating group) is 1. The summed E-state index contributed by atoms with van der Waals surface area (Å²) in [6, 6.07) is -1.06. The lowest BCUT2D eigenvalue weighted by Crippen LogP contribution is -2.51. The van der Waals surface area contributed by atoms with Crippen LogP contribution >= 0.6 is 7.82 Å². The summed E-state index contributed by atoms with van der Waals surface area (Å²) in [5.74, 6) is -0.289. The predicted molar refractivity (Wildman–Crippen MR) is 204 cm³/mol. The van der Waals surface area contributed by atoms with Gasteiger partial charge in [0.1, 0.15) is 19.3 Å². The van der Waals surface area contributed by atoms with Crippen molar-refractivity contribution < 1.29 is 38.0 Å². The highest BCUT2D eigenvalue weighted by atomic mass is 31.2. The lowest BCUT2D eigenvalue weighted by molar-refractivity contribution is -0.870. The van der Waals surface area contributed by atoms with Crippen molar-refractivity contribution in [3.05, 3.63) is 48.6 Å². The van der Waals surface area contributed by atoms with Gasteiger partial charge in [-0.25, -0.2) is 4.57 Å². The predicted octanol–water partition coefficient (Wildman–Crippen LogP) is 8.71. The number of nitrogens with zero attached hydrogens (tertiary/aromatic N) is 1. The van der Waals surface area contributed by atoms with Gasteiger partial charge in [-0.05, 0) is 84.0 Å². The van der Waals surface area contributed by atoms with Crippen molar-refractivity contribution in [1.29, 1.82) is 0 Å². The average Bonchev–Trinajstić information content (AvgIpc) is 3.04. The van der Waals surface area contributed by atoms with Crippen molar-refractivity contribution in [3.63, 3.8) is 0 Å². The van der Waals surface area contributed by atoms with Crippen LogP contribution in [0, 0.1) is 0 Å². The summed E-state index contributed by atoms with van der Waals surface area (Å²) in [5.41, 5.74) is 0. The average molecular weight is 714 g/mol. The zero-order chi connectivity index (χ0) is 36.6. The van der Waals surface area contributed by atoms with Crippen LogP contribution in [0.3, 0.4) is 0 Å². The number of hydrogen-bond acceptors (Lipinski definition) is 6. The highest BCUT2D eigenvalue weighted by Crippen LogP contribution is 2.43. The van der Waals surface area contributed by atoms with Crippen LogP contribution in [0.2, 0.25) is 0 Å². The first-order valence-electron chi connectivity index (χ1n) is 19.1. The lowest BCUT2D eigenvalue weighted by atomic mass is 10.0. The van der Waals surface area contributed by atoms with E-state index in [-0.39, 0.29) is 18.9 Å². The summed E-state index contributed by atoms with van der Waals surface area (Å²) in [7, 11) is 1.39. The van der Waals surface area contributed by atoms with E-state index in [1.807, 2.05) is 28.1 Å². The molecule has 9 nitrogen and oxygen atoms in total. The second-order valence-corrected chi connectivity index (χ2v) is 15.5. The fraction of sp³-hybridized carbons (Fsp3) is 0.769. The summed E-state index contributed by atoms with van der Waals surface area (Å²) in [6.07, 6.45) is 33.3. The van der Waals surface area contributed by atoms with Gasteiger partial charge in [-0.1, -0.05) is 94.1 Å². The molecule has 0 aliphatic heterocycles. The molecule has 1 amide bonds. The molecule has 0 radical (unpaired) electrons. The Hall–Kier alpha value is -1.58. The number of aliphatic hydroxyl groups excluding tert-OH is 2. The molecule has 0 aliphatic rings. The Labute approximate surface area is 300 Å². The van der Waals surface area contributed by atoms with Crippen LogP contribution in [-0.4, -0.2) is 84.6 Å². The van der Waals surface area contributed by atoms with Crippen molar-refractivity contribution in [3.8, 4) is 0 Å². The highest BCUT2D eigenvalue weighted by molar-refractivity contribution is 7.47. The zero-order valence-corrected chi connectivity index (χ0v) is 32.7. The maximum absolute atomic E-state index is 12.8. The first kappa shape index (κ1) is 47.4. The van der Waals surface area contributed by atoms with Gasteiger partial charge in [-0.15, -0.1) is 0 Å². The number of nitrogens with one attached hydrogen (secondary N) is 1. The van der Waals surface area contributed by atoms with Gasteiger partial charge < -0.3 is 24.9 Å². The van der Waals surface area contributed by atoms with Crippen LogP contribution in [0.15, 0.2) is 48.6 Å².